The molecule has 0 bridgehead atoms. The maximum absolute atomic E-state index is 14.4. The standard InChI is InChI=1S/C17H18ClFN2O5/c1-2-20-14(9-26-15-5-3-4-6-25-15)21(17(20)24)12-8-13(22)10(16(18)23)7-11(12)19/h7-8,15H,2-6,9H2,1H3/p+1. The molecule has 140 valence electrons. The first-order valence-electron chi connectivity index (χ1n) is 8.37. The molecule has 2 aliphatic heterocycles. The number of amides is 2. The number of phenols is 1. The number of ether oxygens (including phenoxy) is 2. The molecule has 26 heavy (non-hydrogen) atoms. The molecule has 1 fully saturated rings. The maximum atomic E-state index is 14.4. The Kier molecular flexibility index (Phi) is 5.55. The lowest BCUT2D eigenvalue weighted by atomic mass is 10.1. The minimum absolute atomic E-state index is 0.0562. The molecule has 9 heteroatoms. The number of rotatable bonds is 6. The summed E-state index contributed by atoms with van der Waals surface area (Å²) >= 11 is 5.31. The van der Waals surface area contributed by atoms with Gasteiger partial charge in [0, 0.05) is 12.7 Å². The smallest absolute Gasteiger partial charge is 0.450 e. The van der Waals surface area contributed by atoms with Crippen LogP contribution in [-0.2, 0) is 9.47 Å². The third-order valence-electron chi connectivity index (χ3n) is 4.36. The minimum Gasteiger partial charge on any atom is -0.507 e. The van der Waals surface area contributed by atoms with E-state index < -0.39 is 22.8 Å². The third-order valence-corrected chi connectivity index (χ3v) is 4.57. The average Bonchev–Trinajstić information content (AvgIpc) is 2.62. The van der Waals surface area contributed by atoms with Crippen LogP contribution in [0.2, 0.25) is 0 Å². The van der Waals surface area contributed by atoms with Gasteiger partial charge in [0.25, 0.3) is 5.24 Å². The number of carbonyl (C=O) groups excluding carboxylic acids is 2. The number of aromatic hydroxyl groups is 1. The van der Waals surface area contributed by atoms with Gasteiger partial charge in [-0.25, -0.2) is 9.18 Å². The summed E-state index contributed by atoms with van der Waals surface area (Å²) in [6.07, 6.45) is 2.38. The fraction of sp³-hybridized carbons (Fsp3) is 0.471. The lowest BCUT2D eigenvalue weighted by Crippen LogP contribution is -2.60. The van der Waals surface area contributed by atoms with E-state index in [1.54, 1.807) is 6.92 Å². The van der Waals surface area contributed by atoms with Crippen molar-refractivity contribution in [1.29, 1.82) is 0 Å². The highest BCUT2D eigenvalue weighted by atomic mass is 35.5. The van der Waals surface area contributed by atoms with Gasteiger partial charge in [-0.05, 0) is 43.9 Å². The summed E-state index contributed by atoms with van der Waals surface area (Å²) in [4.78, 5) is 24.7. The molecule has 1 aromatic carbocycles. The van der Waals surface area contributed by atoms with Crippen LogP contribution < -0.4 is 4.90 Å². The predicted molar refractivity (Wildman–Crippen MR) is 91.5 cm³/mol. The van der Waals surface area contributed by atoms with Crippen molar-refractivity contribution in [2.45, 2.75) is 32.5 Å². The lowest BCUT2D eigenvalue weighted by Gasteiger charge is -2.31. The largest absolute Gasteiger partial charge is 0.507 e. The Morgan fingerprint density at radius 1 is 1.50 bits per heavy atom. The predicted octanol–water partition coefficient (Wildman–Crippen LogP) is 2.82. The molecule has 7 nitrogen and oxygen atoms in total. The van der Waals surface area contributed by atoms with Crippen molar-refractivity contribution in [3.8, 4) is 5.75 Å². The van der Waals surface area contributed by atoms with Crippen molar-refractivity contribution in [2.24, 2.45) is 0 Å². The van der Waals surface area contributed by atoms with Crippen LogP contribution in [0.3, 0.4) is 0 Å². The van der Waals surface area contributed by atoms with Crippen molar-refractivity contribution >= 4 is 34.4 Å². The van der Waals surface area contributed by atoms with E-state index >= 15 is 0 Å². The molecule has 2 amide bonds. The number of hydrogen-bond donors (Lipinski definition) is 1. The number of nitrogens with zero attached hydrogens (tertiary/aromatic N) is 2. The molecule has 0 spiro atoms. The van der Waals surface area contributed by atoms with E-state index in [0.717, 1.165) is 36.3 Å². The van der Waals surface area contributed by atoms with Crippen LogP contribution >= 0.6 is 11.6 Å². The third kappa shape index (κ3) is 3.44. The highest BCUT2D eigenvalue weighted by Gasteiger charge is 2.45. The molecule has 0 aliphatic carbocycles. The van der Waals surface area contributed by atoms with Gasteiger partial charge in [-0.2, -0.15) is 9.48 Å². The topological polar surface area (TPSA) is 79.1 Å². The number of urea groups is 1. The SMILES string of the molecule is CC[N+]1=C(COC2CCCCO2)N(c2cc(O)c(C(=O)Cl)cc2F)C1=O. The highest BCUT2D eigenvalue weighted by molar-refractivity contribution is 6.68. The monoisotopic (exact) mass is 385 g/mol. The van der Waals surface area contributed by atoms with Crippen LogP contribution in [-0.4, -0.2) is 52.8 Å². The second-order valence-electron chi connectivity index (χ2n) is 5.98. The summed E-state index contributed by atoms with van der Waals surface area (Å²) in [5, 5.41) is 8.91. The molecule has 1 saturated heterocycles. The van der Waals surface area contributed by atoms with Crippen molar-refractivity contribution < 1.29 is 33.1 Å². The average molecular weight is 386 g/mol. The molecule has 2 aliphatic rings. The van der Waals surface area contributed by atoms with Gasteiger partial charge in [0.05, 0.1) is 12.1 Å². The Hall–Kier alpha value is -2.03. The van der Waals surface area contributed by atoms with Gasteiger partial charge in [-0.1, -0.05) is 0 Å². The van der Waals surface area contributed by atoms with E-state index in [2.05, 4.69) is 0 Å². The number of carbonyl (C=O) groups is 2. The number of anilines is 1. The highest BCUT2D eigenvalue weighted by Crippen LogP contribution is 2.32. The van der Waals surface area contributed by atoms with E-state index in [9.17, 15) is 19.1 Å². The number of halogens is 2. The second kappa shape index (κ2) is 7.69. The first-order valence-corrected chi connectivity index (χ1v) is 8.74. The molecular weight excluding hydrogens is 367 g/mol. The van der Waals surface area contributed by atoms with Crippen LogP contribution in [0, 0.1) is 5.82 Å². The molecule has 0 radical (unpaired) electrons. The van der Waals surface area contributed by atoms with Gasteiger partial charge in [-0.15, -0.1) is 0 Å². The van der Waals surface area contributed by atoms with Gasteiger partial charge >= 0.3 is 6.03 Å². The summed E-state index contributed by atoms with van der Waals surface area (Å²) in [7, 11) is 0. The molecule has 0 aromatic heterocycles. The minimum atomic E-state index is -0.986. The Labute approximate surface area is 154 Å². The molecule has 3 rings (SSSR count). The fourth-order valence-corrected chi connectivity index (χ4v) is 3.16. The van der Waals surface area contributed by atoms with Crippen molar-refractivity contribution in [1.82, 2.24) is 0 Å². The van der Waals surface area contributed by atoms with E-state index in [0.29, 0.717) is 19.0 Å². The molecular formula is C17H19ClFN2O5+. The van der Waals surface area contributed by atoms with Crippen LogP contribution in [0.5, 0.6) is 5.75 Å². The molecule has 0 saturated carbocycles. The molecule has 1 atom stereocenters. The van der Waals surface area contributed by atoms with Crippen LogP contribution in [0.25, 0.3) is 0 Å². The van der Waals surface area contributed by atoms with Crippen LogP contribution in [0.15, 0.2) is 12.1 Å². The Morgan fingerprint density at radius 3 is 2.88 bits per heavy atom. The van der Waals surface area contributed by atoms with E-state index in [1.807, 2.05) is 0 Å². The van der Waals surface area contributed by atoms with Crippen molar-refractivity contribution in [3.63, 3.8) is 0 Å². The first-order chi connectivity index (χ1) is 12.4. The zero-order valence-corrected chi connectivity index (χ0v) is 15.0. The normalized spacial score (nSPS) is 20.3. The molecule has 2 heterocycles. The van der Waals surface area contributed by atoms with Crippen molar-refractivity contribution in [3.05, 3.63) is 23.5 Å². The Bertz CT molecular complexity index is 777. The Morgan fingerprint density at radius 2 is 2.27 bits per heavy atom. The van der Waals surface area contributed by atoms with Crippen LogP contribution in [0.1, 0.15) is 36.5 Å². The van der Waals surface area contributed by atoms with Crippen molar-refractivity contribution in [2.75, 3.05) is 24.7 Å². The van der Waals surface area contributed by atoms with Gasteiger partial charge in [0.2, 0.25) is 5.84 Å². The quantitative estimate of drug-likeness (QED) is 0.601. The van der Waals surface area contributed by atoms with E-state index in [-0.39, 0.29) is 24.1 Å². The summed E-state index contributed by atoms with van der Waals surface area (Å²) < 4.78 is 27.1. The number of hydrogen-bond acceptors (Lipinski definition) is 5. The lowest BCUT2D eigenvalue weighted by molar-refractivity contribution is -0.442. The summed E-state index contributed by atoms with van der Waals surface area (Å²) in [5.41, 5.74) is -0.524. The Balaban J connectivity index is 1.84. The maximum Gasteiger partial charge on any atom is 0.450 e. The summed E-state index contributed by atoms with van der Waals surface area (Å²) in [6.45, 7) is 2.86. The number of amidine groups is 1. The van der Waals surface area contributed by atoms with Gasteiger partial charge in [0.15, 0.2) is 12.1 Å². The zero-order chi connectivity index (χ0) is 18.8. The van der Waals surface area contributed by atoms with Crippen LogP contribution in [0.4, 0.5) is 14.9 Å². The van der Waals surface area contributed by atoms with E-state index in [1.165, 1.54) is 4.58 Å². The number of benzene rings is 1. The molecule has 1 N–H and O–H groups in total. The van der Waals surface area contributed by atoms with Gasteiger partial charge in [0.1, 0.15) is 18.0 Å². The molecule has 1 unspecified atom stereocenters. The first kappa shape index (κ1) is 18.8. The summed E-state index contributed by atoms with van der Waals surface area (Å²) in [6, 6.07) is 1.37. The van der Waals surface area contributed by atoms with Gasteiger partial charge < -0.3 is 14.6 Å². The zero-order valence-electron chi connectivity index (χ0n) is 14.2. The van der Waals surface area contributed by atoms with E-state index in [4.69, 9.17) is 21.1 Å². The van der Waals surface area contributed by atoms with Gasteiger partial charge in [-0.3, -0.25) is 4.79 Å². The summed E-state index contributed by atoms with van der Waals surface area (Å²) in [5.74, 6) is -0.905. The molecule has 1 aromatic rings. The fourth-order valence-electron chi connectivity index (χ4n) is 3.01. The second-order valence-corrected chi connectivity index (χ2v) is 6.32. The number of phenolic OH excluding ortho intramolecular Hbond substituents is 1.